The molecule has 2 amide bonds. The molecule has 3 rings (SSSR count). The Balaban J connectivity index is 1.67. The van der Waals surface area contributed by atoms with E-state index in [1.165, 1.54) is 12.0 Å². The first-order valence-electron chi connectivity index (χ1n) is 18.5. The number of nitrogens with one attached hydrogen (secondary N) is 2. The van der Waals surface area contributed by atoms with E-state index in [0.29, 0.717) is 31.2 Å². The zero-order valence-electron chi connectivity index (χ0n) is 33.7. The second-order valence-corrected chi connectivity index (χ2v) is 17.6. The lowest BCUT2D eigenvalue weighted by Gasteiger charge is -2.39. The van der Waals surface area contributed by atoms with Gasteiger partial charge in [-0.15, -0.1) is 0 Å². The molecule has 14 nitrogen and oxygen atoms in total. The molecule has 3 atom stereocenters. The highest BCUT2D eigenvalue weighted by atomic mass is 16.6. The third kappa shape index (κ3) is 13.1. The number of amides is 2. The molecular formula is C38H62BN3O11. The molecule has 1 saturated carbocycles. The fourth-order valence-electron chi connectivity index (χ4n) is 6.71. The van der Waals surface area contributed by atoms with Gasteiger partial charge < -0.3 is 39.0 Å². The van der Waals surface area contributed by atoms with Crippen molar-refractivity contribution in [2.75, 3.05) is 13.7 Å². The summed E-state index contributed by atoms with van der Waals surface area (Å²) < 4.78 is 28.6. The number of methoxy groups -OCH3 is 1. The van der Waals surface area contributed by atoms with Crippen LogP contribution in [0.5, 0.6) is 5.75 Å². The lowest BCUT2D eigenvalue weighted by Crippen LogP contribution is -2.61. The molecule has 1 aromatic rings. The van der Waals surface area contributed by atoms with Gasteiger partial charge in [0.2, 0.25) is 5.91 Å². The monoisotopic (exact) mass is 747 g/mol. The summed E-state index contributed by atoms with van der Waals surface area (Å²) in [7, 11) is -0.459. The molecule has 15 heteroatoms. The van der Waals surface area contributed by atoms with Gasteiger partial charge in [0.1, 0.15) is 39.9 Å². The second kappa shape index (κ2) is 17.4. The van der Waals surface area contributed by atoms with Gasteiger partial charge >= 0.3 is 25.2 Å². The highest BCUT2D eigenvalue weighted by Crippen LogP contribution is 2.34. The zero-order chi connectivity index (χ0) is 40.1. The van der Waals surface area contributed by atoms with Gasteiger partial charge in [-0.3, -0.25) is 19.8 Å². The van der Waals surface area contributed by atoms with Crippen LogP contribution in [-0.4, -0.2) is 106 Å². The van der Waals surface area contributed by atoms with Crippen molar-refractivity contribution < 1.29 is 52.9 Å². The number of para-hydroxylation sites is 1. The van der Waals surface area contributed by atoms with Gasteiger partial charge in [0, 0.05) is 12.5 Å². The first-order chi connectivity index (χ1) is 24.3. The van der Waals surface area contributed by atoms with E-state index in [4.69, 9.17) is 23.7 Å². The van der Waals surface area contributed by atoms with Crippen molar-refractivity contribution in [2.24, 2.45) is 5.92 Å². The molecule has 3 unspecified atom stereocenters. The molecule has 1 aliphatic carbocycles. The predicted molar refractivity (Wildman–Crippen MR) is 199 cm³/mol. The highest BCUT2D eigenvalue weighted by molar-refractivity contribution is 6.43. The zero-order valence-corrected chi connectivity index (χ0v) is 33.7. The maximum absolute atomic E-state index is 13.7. The van der Waals surface area contributed by atoms with Gasteiger partial charge in [-0.1, -0.05) is 12.1 Å². The fourth-order valence-corrected chi connectivity index (χ4v) is 6.71. The van der Waals surface area contributed by atoms with Crippen LogP contribution in [-0.2, 0) is 35.0 Å². The minimum atomic E-state index is -1.87. The van der Waals surface area contributed by atoms with Crippen molar-refractivity contribution in [2.45, 2.75) is 161 Å². The molecule has 1 aliphatic heterocycles. The summed E-state index contributed by atoms with van der Waals surface area (Å²) in [5, 5.41) is 26.6. The first kappa shape index (κ1) is 44.0. The van der Waals surface area contributed by atoms with Crippen LogP contribution in [0.3, 0.4) is 0 Å². The minimum absolute atomic E-state index is 0.00602. The summed E-state index contributed by atoms with van der Waals surface area (Å²) in [6.07, 6.45) is 2.23. The van der Waals surface area contributed by atoms with Crippen LogP contribution in [0.1, 0.15) is 124 Å². The van der Waals surface area contributed by atoms with Crippen LogP contribution in [0, 0.1) is 5.92 Å². The van der Waals surface area contributed by atoms with Crippen molar-refractivity contribution in [1.29, 1.82) is 0 Å². The molecule has 0 aromatic heterocycles. The summed E-state index contributed by atoms with van der Waals surface area (Å²) in [6, 6.07) is 3.22. The standard InChI is InChI=1S/C38H62BN3O11/c1-35(2,3)51-32(44)26-15-13-14-24(31(26)49-12)21-28(39(47)48)41-29(43)20-23-16-18-25(19-17-23)40-30(33(45)52-36(4,5)6)27-22-50-38(10,11)42(27)34(46)53-37(7,8)9/h13-15,23,25,27-28,30,40,47-48H,16-22H2,1-12H3,(H,41,43). The molecule has 0 bridgehead atoms. The smallest absolute Gasteiger partial charge is 0.475 e. The van der Waals surface area contributed by atoms with Crippen molar-refractivity contribution in [3.8, 4) is 5.75 Å². The lowest BCUT2D eigenvalue weighted by atomic mass is 9.75. The predicted octanol–water partition coefficient (Wildman–Crippen LogP) is 4.31. The number of hydrogen-bond donors (Lipinski definition) is 4. The van der Waals surface area contributed by atoms with Gasteiger partial charge in [-0.05, 0) is 126 Å². The van der Waals surface area contributed by atoms with E-state index >= 15 is 0 Å². The van der Waals surface area contributed by atoms with E-state index in [1.54, 1.807) is 94.4 Å². The Kier molecular flexibility index (Phi) is 14.4. The number of rotatable bonds is 12. The number of esters is 2. The summed E-state index contributed by atoms with van der Waals surface area (Å²) in [5.41, 5.74) is -2.57. The van der Waals surface area contributed by atoms with Crippen LogP contribution < -0.4 is 15.4 Å². The van der Waals surface area contributed by atoms with Crippen LogP contribution in [0.15, 0.2) is 18.2 Å². The van der Waals surface area contributed by atoms with Crippen LogP contribution in [0.2, 0.25) is 0 Å². The second-order valence-electron chi connectivity index (χ2n) is 17.6. The van der Waals surface area contributed by atoms with Gasteiger partial charge in [0.15, 0.2) is 0 Å². The fraction of sp³-hybridized carbons (Fsp3) is 0.737. The number of carbonyl (C=O) groups is 4. The van der Waals surface area contributed by atoms with Gasteiger partial charge in [0.05, 0.1) is 25.7 Å². The van der Waals surface area contributed by atoms with E-state index in [9.17, 15) is 29.2 Å². The molecule has 1 heterocycles. The molecule has 4 N–H and O–H groups in total. The lowest BCUT2D eigenvalue weighted by molar-refractivity contribution is -0.159. The van der Waals surface area contributed by atoms with E-state index in [1.807, 2.05) is 0 Å². The summed E-state index contributed by atoms with van der Waals surface area (Å²) in [6.45, 7) is 19.6. The quantitative estimate of drug-likeness (QED) is 0.135. The number of ether oxygens (including phenoxy) is 5. The Hall–Kier alpha value is -3.40. The molecule has 0 radical (unpaired) electrons. The summed E-state index contributed by atoms with van der Waals surface area (Å²) in [4.78, 5) is 54.7. The first-order valence-corrected chi connectivity index (χ1v) is 18.5. The molecule has 298 valence electrons. The van der Waals surface area contributed by atoms with Crippen molar-refractivity contribution in [3.05, 3.63) is 29.3 Å². The Morgan fingerprint density at radius 3 is 2.04 bits per heavy atom. The van der Waals surface area contributed by atoms with E-state index in [-0.39, 0.29) is 48.6 Å². The molecule has 2 aliphatic rings. The molecule has 1 saturated heterocycles. The summed E-state index contributed by atoms with van der Waals surface area (Å²) in [5.74, 6) is -2.23. The molecule has 53 heavy (non-hydrogen) atoms. The van der Waals surface area contributed by atoms with Gasteiger partial charge in [0.25, 0.3) is 0 Å². The SMILES string of the molecule is COc1c(CC(NC(=O)CC2CCC(NC(C(=O)OC(C)(C)C)C3COC(C)(C)N3C(=O)OC(C)(C)C)CC2)B(O)O)cccc1C(=O)OC(C)(C)C. The van der Waals surface area contributed by atoms with Crippen LogP contribution >= 0.6 is 0 Å². The Morgan fingerprint density at radius 2 is 1.51 bits per heavy atom. The third-order valence-corrected chi connectivity index (χ3v) is 8.96. The van der Waals surface area contributed by atoms with E-state index in [0.717, 1.165) is 0 Å². The van der Waals surface area contributed by atoms with Crippen LogP contribution in [0.25, 0.3) is 0 Å². The molecule has 0 spiro atoms. The third-order valence-electron chi connectivity index (χ3n) is 8.96. The topological polar surface area (TPSA) is 182 Å². The molecule has 1 aromatic carbocycles. The molecule has 2 fully saturated rings. The number of nitrogens with zero attached hydrogens (tertiary/aromatic N) is 1. The van der Waals surface area contributed by atoms with Gasteiger partial charge in [-0.2, -0.15) is 0 Å². The maximum Gasteiger partial charge on any atom is 0.475 e. The summed E-state index contributed by atoms with van der Waals surface area (Å²) >= 11 is 0. The largest absolute Gasteiger partial charge is 0.496 e. The molecular weight excluding hydrogens is 685 g/mol. The maximum atomic E-state index is 13.7. The van der Waals surface area contributed by atoms with E-state index < -0.39 is 65.7 Å². The number of benzene rings is 1. The van der Waals surface area contributed by atoms with Crippen LogP contribution in [0.4, 0.5) is 4.79 Å². The van der Waals surface area contributed by atoms with E-state index in [2.05, 4.69) is 10.6 Å². The highest BCUT2D eigenvalue weighted by Gasteiger charge is 2.51. The average molecular weight is 748 g/mol. The van der Waals surface area contributed by atoms with Gasteiger partial charge in [-0.25, -0.2) is 9.59 Å². The Bertz CT molecular complexity index is 1440. The number of carbonyl (C=O) groups excluding carboxylic acids is 4. The minimum Gasteiger partial charge on any atom is -0.496 e. The average Bonchev–Trinajstić information content (AvgIpc) is 3.31. The van der Waals surface area contributed by atoms with Crippen molar-refractivity contribution >= 4 is 31.1 Å². The normalized spacial score (nSPS) is 21.6. The Labute approximate surface area is 315 Å². The van der Waals surface area contributed by atoms with Crippen molar-refractivity contribution in [3.63, 3.8) is 0 Å². The Morgan fingerprint density at radius 1 is 0.925 bits per heavy atom. The van der Waals surface area contributed by atoms with Crippen molar-refractivity contribution in [1.82, 2.24) is 15.5 Å². The number of hydrogen-bond acceptors (Lipinski definition) is 12.